The summed E-state index contributed by atoms with van der Waals surface area (Å²) in [5, 5.41) is 4.00. The molecule has 0 atom stereocenters. The van der Waals surface area contributed by atoms with Gasteiger partial charge in [-0.1, -0.05) is 30.3 Å². The van der Waals surface area contributed by atoms with E-state index in [0.29, 0.717) is 6.54 Å². The van der Waals surface area contributed by atoms with Gasteiger partial charge in [-0.3, -0.25) is 9.59 Å². The Labute approximate surface area is 170 Å². The monoisotopic (exact) mass is 387 g/mol. The van der Waals surface area contributed by atoms with E-state index in [2.05, 4.69) is 22.0 Å². The second kappa shape index (κ2) is 7.39. The molecule has 1 aromatic heterocycles. The second-order valence-electron chi connectivity index (χ2n) is 8.14. The summed E-state index contributed by atoms with van der Waals surface area (Å²) in [6, 6.07) is 18.1. The predicted octanol–water partition coefficient (Wildman–Crippen LogP) is 4.27. The largest absolute Gasteiger partial charge is 0.337 e. The third kappa shape index (κ3) is 3.65. The van der Waals surface area contributed by atoms with Crippen molar-refractivity contribution in [3.05, 3.63) is 65.9 Å². The molecule has 1 N–H and O–H groups in total. The molecule has 148 valence electrons. The summed E-state index contributed by atoms with van der Waals surface area (Å²) in [4.78, 5) is 27.3. The van der Waals surface area contributed by atoms with Crippen molar-refractivity contribution in [2.45, 2.75) is 32.2 Å². The Morgan fingerprint density at radius 2 is 1.72 bits per heavy atom. The lowest BCUT2D eigenvalue weighted by atomic mass is 10.2. The summed E-state index contributed by atoms with van der Waals surface area (Å²) in [7, 11) is 0. The number of amides is 2. The molecule has 2 amide bonds. The zero-order chi connectivity index (χ0) is 19.8. The molecular formula is C24H25N3O2. The van der Waals surface area contributed by atoms with Crippen LogP contribution in [-0.2, 0) is 11.3 Å². The molecule has 5 nitrogen and oxygen atoms in total. The van der Waals surface area contributed by atoms with E-state index in [-0.39, 0.29) is 17.7 Å². The van der Waals surface area contributed by atoms with Crippen LogP contribution in [0.2, 0.25) is 0 Å². The minimum Gasteiger partial charge on any atom is -0.337 e. The molecule has 2 heterocycles. The van der Waals surface area contributed by atoms with Crippen LogP contribution in [-0.4, -0.2) is 34.4 Å². The molecule has 1 saturated carbocycles. The van der Waals surface area contributed by atoms with Gasteiger partial charge >= 0.3 is 0 Å². The summed E-state index contributed by atoms with van der Waals surface area (Å²) >= 11 is 0. The number of aromatic nitrogens is 1. The van der Waals surface area contributed by atoms with E-state index in [9.17, 15) is 9.59 Å². The lowest BCUT2D eigenvalue weighted by Crippen LogP contribution is -2.29. The van der Waals surface area contributed by atoms with Crippen molar-refractivity contribution in [3.8, 4) is 0 Å². The summed E-state index contributed by atoms with van der Waals surface area (Å²) in [5.74, 6) is 0.361. The van der Waals surface area contributed by atoms with Crippen LogP contribution in [0.3, 0.4) is 0 Å². The number of hydrogen-bond donors (Lipinski definition) is 1. The Balaban J connectivity index is 1.53. The van der Waals surface area contributed by atoms with Gasteiger partial charge in [0.25, 0.3) is 5.91 Å². The van der Waals surface area contributed by atoms with Crippen molar-refractivity contribution in [1.29, 1.82) is 0 Å². The van der Waals surface area contributed by atoms with Gasteiger partial charge in [0.2, 0.25) is 5.91 Å². The van der Waals surface area contributed by atoms with Crippen LogP contribution in [0.25, 0.3) is 10.9 Å². The normalized spacial score (nSPS) is 16.3. The lowest BCUT2D eigenvalue weighted by molar-refractivity contribution is -0.117. The molecular weight excluding hydrogens is 362 g/mol. The number of benzene rings is 2. The molecule has 0 spiro atoms. The molecule has 1 saturated heterocycles. The van der Waals surface area contributed by atoms with Gasteiger partial charge in [-0.15, -0.1) is 0 Å². The number of nitrogens with zero attached hydrogens (tertiary/aromatic N) is 2. The Bertz CT molecular complexity index is 1060. The first-order valence-electron chi connectivity index (χ1n) is 10.5. The van der Waals surface area contributed by atoms with E-state index < -0.39 is 0 Å². The average Bonchev–Trinajstić information content (AvgIpc) is 3.34. The maximum Gasteiger partial charge on any atom is 0.270 e. The van der Waals surface area contributed by atoms with E-state index in [4.69, 9.17) is 0 Å². The summed E-state index contributed by atoms with van der Waals surface area (Å²) in [6.07, 6.45) is 4.11. The fourth-order valence-corrected chi connectivity index (χ4v) is 4.13. The highest BCUT2D eigenvalue weighted by atomic mass is 16.2. The average molecular weight is 387 g/mol. The zero-order valence-corrected chi connectivity index (χ0v) is 16.4. The highest BCUT2D eigenvalue weighted by Crippen LogP contribution is 2.31. The molecule has 0 radical (unpaired) electrons. The number of likely N-dealkylation sites (tertiary alicyclic amines) is 1. The molecule has 29 heavy (non-hydrogen) atoms. The van der Waals surface area contributed by atoms with Crippen LogP contribution in [0.4, 0.5) is 5.69 Å². The van der Waals surface area contributed by atoms with Crippen molar-refractivity contribution in [2.24, 2.45) is 5.92 Å². The number of anilines is 1. The van der Waals surface area contributed by atoms with Gasteiger partial charge in [-0.25, -0.2) is 0 Å². The van der Waals surface area contributed by atoms with Gasteiger partial charge in [0.1, 0.15) is 5.69 Å². The van der Waals surface area contributed by atoms with Gasteiger partial charge in [0.05, 0.1) is 0 Å². The number of fused-ring (bicyclic) bond motifs is 1. The highest BCUT2D eigenvalue weighted by molar-refractivity contribution is 6.01. The Hall–Kier alpha value is -3.08. The number of carbonyl (C=O) groups excluding carboxylic acids is 2. The second-order valence-corrected chi connectivity index (χ2v) is 8.14. The minimum absolute atomic E-state index is 0.0956. The van der Waals surface area contributed by atoms with E-state index in [1.807, 2.05) is 47.4 Å². The number of carbonyl (C=O) groups is 2. The number of rotatable bonds is 5. The lowest BCUT2D eigenvalue weighted by Gasteiger charge is -2.17. The van der Waals surface area contributed by atoms with Crippen LogP contribution >= 0.6 is 0 Å². The van der Waals surface area contributed by atoms with Gasteiger partial charge < -0.3 is 14.8 Å². The van der Waals surface area contributed by atoms with Crippen LogP contribution in [0.15, 0.2) is 54.6 Å². The molecule has 0 bridgehead atoms. The highest BCUT2D eigenvalue weighted by Gasteiger charge is 2.30. The van der Waals surface area contributed by atoms with Gasteiger partial charge in [-0.05, 0) is 55.5 Å². The van der Waals surface area contributed by atoms with Gasteiger partial charge in [-0.2, -0.15) is 0 Å². The quantitative estimate of drug-likeness (QED) is 0.711. The van der Waals surface area contributed by atoms with E-state index >= 15 is 0 Å². The molecule has 1 aliphatic heterocycles. The molecule has 2 fully saturated rings. The first-order chi connectivity index (χ1) is 14.2. The third-order valence-corrected chi connectivity index (χ3v) is 5.91. The van der Waals surface area contributed by atoms with Crippen molar-refractivity contribution in [3.63, 3.8) is 0 Å². The zero-order valence-electron chi connectivity index (χ0n) is 16.4. The van der Waals surface area contributed by atoms with Crippen molar-refractivity contribution < 1.29 is 9.59 Å². The minimum atomic E-state index is 0.0956. The SMILES string of the molecule is O=C(Nc1ccc2c(c1)cc(C(=O)N1CCCC1)n2Cc1ccccc1)C1CC1. The van der Waals surface area contributed by atoms with Gasteiger partial charge in [0, 0.05) is 42.1 Å². The van der Waals surface area contributed by atoms with Crippen LogP contribution in [0, 0.1) is 5.92 Å². The summed E-state index contributed by atoms with van der Waals surface area (Å²) < 4.78 is 2.11. The molecule has 2 aromatic carbocycles. The van der Waals surface area contributed by atoms with Crippen molar-refractivity contribution >= 4 is 28.4 Å². The molecule has 5 heteroatoms. The van der Waals surface area contributed by atoms with Crippen molar-refractivity contribution in [2.75, 3.05) is 18.4 Å². The predicted molar refractivity (Wildman–Crippen MR) is 114 cm³/mol. The topological polar surface area (TPSA) is 54.3 Å². The molecule has 1 aliphatic carbocycles. The Morgan fingerprint density at radius 3 is 2.45 bits per heavy atom. The van der Waals surface area contributed by atoms with E-state index in [1.54, 1.807) is 0 Å². The van der Waals surface area contributed by atoms with Crippen LogP contribution in [0.1, 0.15) is 41.7 Å². The fraction of sp³-hybridized carbons (Fsp3) is 0.333. The molecule has 5 rings (SSSR count). The maximum atomic E-state index is 13.2. The van der Waals surface area contributed by atoms with Crippen LogP contribution < -0.4 is 5.32 Å². The Kier molecular flexibility index (Phi) is 4.58. The van der Waals surface area contributed by atoms with Crippen molar-refractivity contribution in [1.82, 2.24) is 9.47 Å². The first kappa shape index (κ1) is 18.0. The maximum absolute atomic E-state index is 13.2. The smallest absolute Gasteiger partial charge is 0.270 e. The Morgan fingerprint density at radius 1 is 0.966 bits per heavy atom. The molecule has 3 aromatic rings. The molecule has 0 unspecified atom stereocenters. The first-order valence-corrected chi connectivity index (χ1v) is 10.5. The molecule has 2 aliphatic rings. The van der Waals surface area contributed by atoms with Crippen LogP contribution in [0.5, 0.6) is 0 Å². The van der Waals surface area contributed by atoms with E-state index in [0.717, 1.165) is 66.6 Å². The third-order valence-electron chi connectivity index (χ3n) is 5.91. The van der Waals surface area contributed by atoms with Gasteiger partial charge in [0.15, 0.2) is 0 Å². The fourth-order valence-electron chi connectivity index (χ4n) is 4.13. The standard InChI is InChI=1S/C24H25N3O2/c28-23(18-8-9-18)25-20-10-11-21-19(14-20)15-22(24(29)26-12-4-5-13-26)27(21)16-17-6-2-1-3-7-17/h1-3,6-7,10-11,14-15,18H,4-5,8-9,12-13,16H2,(H,25,28). The summed E-state index contributed by atoms with van der Waals surface area (Å²) in [6.45, 7) is 2.30. The summed E-state index contributed by atoms with van der Waals surface area (Å²) in [5.41, 5.74) is 3.69. The number of hydrogen-bond acceptors (Lipinski definition) is 2. The van der Waals surface area contributed by atoms with E-state index in [1.165, 1.54) is 0 Å². The number of nitrogens with one attached hydrogen (secondary N) is 1.